The minimum absolute atomic E-state index is 0.0913. The summed E-state index contributed by atoms with van der Waals surface area (Å²) >= 11 is 6.36. The normalized spacial score (nSPS) is 11.1. The topological polar surface area (TPSA) is 64.2 Å². The van der Waals surface area contributed by atoms with E-state index < -0.39 is 0 Å². The number of amides is 1. The highest BCUT2D eigenvalue weighted by Crippen LogP contribution is 2.30. The van der Waals surface area contributed by atoms with Crippen LogP contribution in [0.1, 0.15) is 15.9 Å². The predicted molar refractivity (Wildman–Crippen MR) is 108 cm³/mol. The Labute approximate surface area is 167 Å². The van der Waals surface area contributed by atoms with Crippen LogP contribution in [0.3, 0.4) is 0 Å². The van der Waals surface area contributed by atoms with Crippen molar-refractivity contribution in [3.8, 4) is 11.5 Å². The molecule has 4 aromatic rings. The van der Waals surface area contributed by atoms with Crippen molar-refractivity contribution in [1.29, 1.82) is 0 Å². The summed E-state index contributed by atoms with van der Waals surface area (Å²) < 4.78 is 7.23. The van der Waals surface area contributed by atoms with Gasteiger partial charge in [0.2, 0.25) is 0 Å². The highest BCUT2D eigenvalue weighted by Gasteiger charge is 2.19. The summed E-state index contributed by atoms with van der Waals surface area (Å²) in [7, 11) is 3.67. The highest BCUT2D eigenvalue weighted by molar-refractivity contribution is 6.35. The molecule has 7 heteroatoms. The van der Waals surface area contributed by atoms with E-state index in [9.17, 15) is 4.79 Å². The third kappa shape index (κ3) is 3.51. The number of likely N-dealkylation sites (N-methyl/N-ethyl adjacent to an activating group) is 1. The number of para-hydroxylation sites is 1. The first kappa shape index (κ1) is 18.3. The zero-order valence-electron chi connectivity index (χ0n) is 15.6. The largest absolute Gasteiger partial charge is 0.463 e. The molecule has 0 aliphatic carbocycles. The fourth-order valence-corrected chi connectivity index (χ4v) is 3.36. The molecule has 0 fully saturated rings. The van der Waals surface area contributed by atoms with Crippen molar-refractivity contribution in [3.05, 3.63) is 71.2 Å². The van der Waals surface area contributed by atoms with Crippen LogP contribution in [0, 0.1) is 0 Å². The molecule has 1 amide bonds. The van der Waals surface area contributed by atoms with E-state index in [4.69, 9.17) is 16.0 Å². The molecule has 0 bridgehead atoms. The van der Waals surface area contributed by atoms with Gasteiger partial charge in [-0.2, -0.15) is 5.10 Å². The first-order valence-corrected chi connectivity index (χ1v) is 9.27. The van der Waals surface area contributed by atoms with Gasteiger partial charge in [-0.25, -0.2) is 4.98 Å². The zero-order chi connectivity index (χ0) is 19.7. The van der Waals surface area contributed by atoms with Crippen molar-refractivity contribution in [2.24, 2.45) is 7.05 Å². The lowest BCUT2D eigenvalue weighted by molar-refractivity contribution is 0.0798. The van der Waals surface area contributed by atoms with Crippen LogP contribution in [-0.2, 0) is 13.5 Å². The number of furan rings is 1. The molecule has 0 aliphatic rings. The van der Waals surface area contributed by atoms with Gasteiger partial charge in [-0.05, 0) is 36.2 Å². The minimum Gasteiger partial charge on any atom is -0.463 e. The Morgan fingerprint density at radius 2 is 2.14 bits per heavy atom. The Balaban J connectivity index is 1.69. The molecule has 4 rings (SSSR count). The van der Waals surface area contributed by atoms with Gasteiger partial charge >= 0.3 is 0 Å². The second-order valence-corrected chi connectivity index (χ2v) is 7.07. The molecule has 0 radical (unpaired) electrons. The average Bonchev–Trinajstić information content (AvgIpc) is 3.37. The van der Waals surface area contributed by atoms with Gasteiger partial charge in [0.25, 0.3) is 5.91 Å². The Bertz CT molecular complexity index is 1130. The standard InChI is InChI=1S/C21H19ClN4O2/c1-25(9-8-14-12-23-26(2)13-14)21(27)16-11-18(19-7-4-10-28-19)24-20-15(16)5-3-6-17(20)22/h3-7,10-13H,8-9H2,1-2H3. The van der Waals surface area contributed by atoms with Crippen LogP contribution in [0.15, 0.2) is 59.5 Å². The Morgan fingerprint density at radius 3 is 2.86 bits per heavy atom. The highest BCUT2D eigenvalue weighted by atomic mass is 35.5. The van der Waals surface area contributed by atoms with Gasteiger partial charge in [0.1, 0.15) is 5.69 Å². The molecule has 3 aromatic heterocycles. The number of hydrogen-bond donors (Lipinski definition) is 0. The number of carbonyl (C=O) groups excluding carboxylic acids is 1. The number of fused-ring (bicyclic) bond motifs is 1. The van der Waals surface area contributed by atoms with E-state index in [0.717, 1.165) is 17.4 Å². The van der Waals surface area contributed by atoms with Gasteiger partial charge in [0.15, 0.2) is 5.76 Å². The van der Waals surface area contributed by atoms with Crippen LogP contribution >= 0.6 is 11.6 Å². The molecule has 6 nitrogen and oxygen atoms in total. The van der Waals surface area contributed by atoms with Crippen molar-refractivity contribution in [1.82, 2.24) is 19.7 Å². The maximum absolute atomic E-state index is 13.2. The van der Waals surface area contributed by atoms with Crippen molar-refractivity contribution in [2.45, 2.75) is 6.42 Å². The molecular formula is C21H19ClN4O2. The van der Waals surface area contributed by atoms with Crippen LogP contribution in [0.25, 0.3) is 22.4 Å². The number of nitrogens with zero attached hydrogens (tertiary/aromatic N) is 4. The molecule has 0 saturated carbocycles. The first-order valence-electron chi connectivity index (χ1n) is 8.89. The number of aromatic nitrogens is 3. The van der Waals surface area contributed by atoms with E-state index in [1.165, 1.54) is 0 Å². The quantitative estimate of drug-likeness (QED) is 0.509. The second kappa shape index (κ2) is 7.48. The lowest BCUT2D eigenvalue weighted by Crippen LogP contribution is -2.29. The number of halogens is 1. The van der Waals surface area contributed by atoms with Crippen LogP contribution in [0.4, 0.5) is 0 Å². The number of carbonyl (C=O) groups is 1. The molecule has 0 saturated heterocycles. The van der Waals surface area contributed by atoms with Crippen LogP contribution < -0.4 is 0 Å². The summed E-state index contributed by atoms with van der Waals surface area (Å²) in [5, 5.41) is 5.39. The van der Waals surface area contributed by atoms with Crippen LogP contribution in [0.5, 0.6) is 0 Å². The summed E-state index contributed by atoms with van der Waals surface area (Å²) in [6.07, 6.45) is 6.07. The number of benzene rings is 1. The van der Waals surface area contributed by atoms with Gasteiger partial charge in [-0.3, -0.25) is 9.48 Å². The SMILES string of the molecule is CN(CCc1cnn(C)c1)C(=O)c1cc(-c2ccco2)nc2c(Cl)cccc12. The lowest BCUT2D eigenvalue weighted by Gasteiger charge is -2.18. The molecule has 28 heavy (non-hydrogen) atoms. The molecular weight excluding hydrogens is 376 g/mol. The van der Waals surface area contributed by atoms with Crippen LogP contribution in [-0.4, -0.2) is 39.2 Å². The van der Waals surface area contributed by atoms with Gasteiger partial charge in [0, 0.05) is 32.2 Å². The third-order valence-electron chi connectivity index (χ3n) is 4.64. The van der Waals surface area contributed by atoms with Crippen LogP contribution in [0.2, 0.25) is 5.02 Å². The Kier molecular flexibility index (Phi) is 4.88. The van der Waals surface area contributed by atoms with Crippen molar-refractivity contribution < 1.29 is 9.21 Å². The number of hydrogen-bond acceptors (Lipinski definition) is 4. The van der Waals surface area contributed by atoms with E-state index in [1.807, 2.05) is 37.6 Å². The van der Waals surface area contributed by atoms with E-state index in [1.54, 1.807) is 41.1 Å². The van der Waals surface area contributed by atoms with Crippen molar-refractivity contribution >= 4 is 28.4 Å². The monoisotopic (exact) mass is 394 g/mol. The predicted octanol–water partition coefficient (Wildman–Crippen LogP) is 4.20. The van der Waals surface area contributed by atoms with Gasteiger partial charge in [0.05, 0.1) is 28.6 Å². The fourth-order valence-electron chi connectivity index (χ4n) is 3.15. The fraction of sp³-hybridized carbons (Fsp3) is 0.190. The third-order valence-corrected chi connectivity index (χ3v) is 4.94. The second-order valence-electron chi connectivity index (χ2n) is 6.67. The van der Waals surface area contributed by atoms with Crippen molar-refractivity contribution in [2.75, 3.05) is 13.6 Å². The molecule has 0 unspecified atom stereocenters. The average molecular weight is 395 g/mol. The molecule has 0 spiro atoms. The molecule has 0 aliphatic heterocycles. The smallest absolute Gasteiger partial charge is 0.254 e. The summed E-state index contributed by atoms with van der Waals surface area (Å²) in [6, 6.07) is 10.8. The number of aryl methyl sites for hydroxylation is 1. The lowest BCUT2D eigenvalue weighted by atomic mass is 10.1. The number of rotatable bonds is 5. The Morgan fingerprint density at radius 1 is 1.29 bits per heavy atom. The van der Waals surface area contributed by atoms with Gasteiger partial charge in [-0.1, -0.05) is 23.7 Å². The molecule has 0 atom stereocenters. The minimum atomic E-state index is -0.0913. The summed E-state index contributed by atoms with van der Waals surface area (Å²) in [5.74, 6) is 0.500. The van der Waals surface area contributed by atoms with E-state index in [0.29, 0.717) is 34.1 Å². The number of pyridine rings is 1. The van der Waals surface area contributed by atoms with E-state index in [-0.39, 0.29) is 5.91 Å². The molecule has 142 valence electrons. The van der Waals surface area contributed by atoms with Gasteiger partial charge < -0.3 is 9.32 Å². The maximum atomic E-state index is 13.2. The van der Waals surface area contributed by atoms with E-state index >= 15 is 0 Å². The molecule has 0 N–H and O–H groups in total. The maximum Gasteiger partial charge on any atom is 0.254 e. The molecule has 3 heterocycles. The Hall–Kier alpha value is -3.12. The summed E-state index contributed by atoms with van der Waals surface area (Å²) in [4.78, 5) is 19.5. The van der Waals surface area contributed by atoms with Crippen molar-refractivity contribution in [3.63, 3.8) is 0 Å². The zero-order valence-corrected chi connectivity index (χ0v) is 16.3. The van der Waals surface area contributed by atoms with Gasteiger partial charge in [-0.15, -0.1) is 0 Å². The summed E-state index contributed by atoms with van der Waals surface area (Å²) in [6.45, 7) is 0.574. The van der Waals surface area contributed by atoms with E-state index in [2.05, 4.69) is 10.1 Å². The molecule has 1 aromatic carbocycles. The summed E-state index contributed by atoms with van der Waals surface area (Å²) in [5.41, 5.74) is 2.80. The first-order chi connectivity index (χ1) is 13.5.